The van der Waals surface area contributed by atoms with E-state index in [-0.39, 0.29) is 5.91 Å². The molecule has 160 valence electrons. The molecule has 0 bridgehead atoms. The Kier molecular flexibility index (Phi) is 13.7. The molecule has 0 aromatic heterocycles. The topological polar surface area (TPSA) is 38.3 Å². The van der Waals surface area contributed by atoms with Crippen molar-refractivity contribution in [2.75, 3.05) is 11.9 Å². The standard InChI is InChI=1S/C23H37NO2.C2H6/c1-19-15-16-20(2)22(18-19)24-23(25)14-10-8-6-4-3-5-7-9-12-21-13-11-17-26-21;1-2/h15-16,18,21H,3-14,17H2,1-2H3,(H,24,25);1-2H3. The predicted molar refractivity (Wildman–Crippen MR) is 121 cm³/mol. The minimum atomic E-state index is 0.146. The first-order valence-electron chi connectivity index (χ1n) is 11.6. The van der Waals surface area contributed by atoms with Crippen molar-refractivity contribution in [2.45, 2.75) is 111 Å². The molecule has 1 atom stereocenters. The lowest BCUT2D eigenvalue weighted by atomic mass is 10.0. The average molecular weight is 390 g/mol. The second-order valence-electron chi connectivity index (χ2n) is 7.87. The lowest BCUT2D eigenvalue weighted by Crippen LogP contribution is -2.12. The Morgan fingerprint density at radius 1 is 1.00 bits per heavy atom. The second-order valence-corrected chi connectivity index (χ2v) is 7.87. The maximum Gasteiger partial charge on any atom is 0.224 e. The van der Waals surface area contributed by atoms with Gasteiger partial charge in [-0.1, -0.05) is 70.9 Å². The smallest absolute Gasteiger partial charge is 0.224 e. The van der Waals surface area contributed by atoms with Gasteiger partial charge in [-0.05, 0) is 56.7 Å². The molecular weight excluding hydrogens is 346 g/mol. The number of benzene rings is 1. The lowest BCUT2D eigenvalue weighted by molar-refractivity contribution is -0.116. The van der Waals surface area contributed by atoms with Crippen molar-refractivity contribution >= 4 is 11.6 Å². The van der Waals surface area contributed by atoms with E-state index >= 15 is 0 Å². The first-order valence-corrected chi connectivity index (χ1v) is 11.6. The highest BCUT2D eigenvalue weighted by Crippen LogP contribution is 2.19. The number of anilines is 1. The third-order valence-electron chi connectivity index (χ3n) is 5.37. The summed E-state index contributed by atoms with van der Waals surface area (Å²) >= 11 is 0. The van der Waals surface area contributed by atoms with Gasteiger partial charge in [0.15, 0.2) is 0 Å². The van der Waals surface area contributed by atoms with Crippen LogP contribution in [-0.4, -0.2) is 18.6 Å². The summed E-state index contributed by atoms with van der Waals surface area (Å²) in [5.74, 6) is 0.146. The minimum Gasteiger partial charge on any atom is -0.378 e. The van der Waals surface area contributed by atoms with Gasteiger partial charge < -0.3 is 10.1 Å². The normalized spacial score (nSPS) is 15.8. The highest BCUT2D eigenvalue weighted by molar-refractivity contribution is 5.91. The van der Waals surface area contributed by atoms with E-state index < -0.39 is 0 Å². The Bertz CT molecular complexity index is 535. The minimum absolute atomic E-state index is 0.146. The zero-order valence-electron chi connectivity index (χ0n) is 18.8. The zero-order chi connectivity index (χ0) is 20.6. The van der Waals surface area contributed by atoms with E-state index in [1.807, 2.05) is 26.8 Å². The Balaban J connectivity index is 0.00000190. The molecule has 1 unspecified atom stereocenters. The first kappa shape index (κ1) is 24.7. The second kappa shape index (κ2) is 15.6. The summed E-state index contributed by atoms with van der Waals surface area (Å²) in [6.07, 6.45) is 15.0. The van der Waals surface area contributed by atoms with Crippen LogP contribution >= 0.6 is 0 Å². The van der Waals surface area contributed by atoms with Crippen molar-refractivity contribution in [3.05, 3.63) is 29.3 Å². The Hall–Kier alpha value is -1.35. The molecule has 1 saturated heterocycles. The number of nitrogens with one attached hydrogen (secondary N) is 1. The van der Waals surface area contributed by atoms with Crippen LogP contribution < -0.4 is 5.32 Å². The summed E-state index contributed by atoms with van der Waals surface area (Å²) in [6, 6.07) is 6.19. The number of carbonyl (C=O) groups excluding carboxylic acids is 1. The van der Waals surface area contributed by atoms with Crippen molar-refractivity contribution in [3.63, 3.8) is 0 Å². The van der Waals surface area contributed by atoms with Crippen LogP contribution in [0.15, 0.2) is 18.2 Å². The molecule has 1 heterocycles. The molecule has 1 aliphatic heterocycles. The molecule has 28 heavy (non-hydrogen) atoms. The summed E-state index contributed by atoms with van der Waals surface area (Å²) in [5.41, 5.74) is 3.27. The summed E-state index contributed by atoms with van der Waals surface area (Å²) in [5, 5.41) is 3.05. The van der Waals surface area contributed by atoms with Crippen LogP contribution in [0.3, 0.4) is 0 Å². The lowest BCUT2D eigenvalue weighted by Gasteiger charge is -2.09. The van der Waals surface area contributed by atoms with Gasteiger partial charge in [0.25, 0.3) is 0 Å². The molecule has 1 aliphatic rings. The molecule has 0 spiro atoms. The fourth-order valence-corrected chi connectivity index (χ4v) is 3.67. The van der Waals surface area contributed by atoms with Gasteiger partial charge in [0.05, 0.1) is 6.10 Å². The molecule has 3 nitrogen and oxygen atoms in total. The molecule has 0 radical (unpaired) electrons. The SMILES string of the molecule is CC.Cc1ccc(C)c(NC(=O)CCCCCCCCCCC2CCCO2)c1. The van der Waals surface area contributed by atoms with E-state index in [4.69, 9.17) is 4.74 Å². The molecule has 3 heteroatoms. The van der Waals surface area contributed by atoms with Gasteiger partial charge in [0.2, 0.25) is 5.91 Å². The third-order valence-corrected chi connectivity index (χ3v) is 5.37. The number of rotatable bonds is 12. The van der Waals surface area contributed by atoms with Gasteiger partial charge in [0.1, 0.15) is 0 Å². The average Bonchev–Trinajstić information content (AvgIpc) is 3.21. The molecule has 1 aromatic carbocycles. The molecule has 1 amide bonds. The zero-order valence-corrected chi connectivity index (χ0v) is 18.8. The van der Waals surface area contributed by atoms with E-state index in [0.29, 0.717) is 12.5 Å². The van der Waals surface area contributed by atoms with Crippen molar-refractivity contribution in [3.8, 4) is 0 Å². The summed E-state index contributed by atoms with van der Waals surface area (Å²) in [4.78, 5) is 12.1. The first-order chi connectivity index (χ1) is 13.6. The monoisotopic (exact) mass is 389 g/mol. The van der Waals surface area contributed by atoms with Crippen molar-refractivity contribution in [1.29, 1.82) is 0 Å². The molecular formula is C25H43NO2. The van der Waals surface area contributed by atoms with Crippen LogP contribution in [0.5, 0.6) is 0 Å². The maximum absolute atomic E-state index is 12.1. The van der Waals surface area contributed by atoms with Gasteiger partial charge in [0, 0.05) is 18.7 Å². The van der Waals surface area contributed by atoms with E-state index in [1.54, 1.807) is 0 Å². The van der Waals surface area contributed by atoms with Crippen molar-refractivity contribution in [2.24, 2.45) is 0 Å². The van der Waals surface area contributed by atoms with Gasteiger partial charge in [-0.15, -0.1) is 0 Å². The Labute approximate surface area is 173 Å². The number of carbonyl (C=O) groups is 1. The third kappa shape index (κ3) is 10.8. The van der Waals surface area contributed by atoms with Gasteiger partial charge in [-0.2, -0.15) is 0 Å². The van der Waals surface area contributed by atoms with Gasteiger partial charge in [-0.25, -0.2) is 0 Å². The van der Waals surface area contributed by atoms with Crippen molar-refractivity contribution in [1.82, 2.24) is 0 Å². The Morgan fingerprint density at radius 2 is 1.64 bits per heavy atom. The van der Waals surface area contributed by atoms with Gasteiger partial charge in [-0.3, -0.25) is 4.79 Å². The highest BCUT2D eigenvalue weighted by atomic mass is 16.5. The summed E-state index contributed by atoms with van der Waals surface area (Å²) < 4.78 is 5.66. The summed E-state index contributed by atoms with van der Waals surface area (Å²) in [6.45, 7) is 9.07. The molecule has 2 rings (SSSR count). The summed E-state index contributed by atoms with van der Waals surface area (Å²) in [7, 11) is 0. The number of unbranched alkanes of at least 4 members (excludes halogenated alkanes) is 7. The van der Waals surface area contributed by atoms with Crippen molar-refractivity contribution < 1.29 is 9.53 Å². The van der Waals surface area contributed by atoms with Crippen LogP contribution in [0.2, 0.25) is 0 Å². The predicted octanol–water partition coefficient (Wildman–Crippen LogP) is 7.35. The quantitative estimate of drug-likeness (QED) is 0.379. The number of amides is 1. The highest BCUT2D eigenvalue weighted by Gasteiger charge is 2.14. The number of hydrogen-bond donors (Lipinski definition) is 1. The fourth-order valence-electron chi connectivity index (χ4n) is 3.67. The number of hydrogen-bond acceptors (Lipinski definition) is 2. The van der Waals surface area contributed by atoms with Crippen LogP contribution in [0, 0.1) is 13.8 Å². The maximum atomic E-state index is 12.1. The van der Waals surface area contributed by atoms with Crippen LogP contribution in [0.25, 0.3) is 0 Å². The van der Waals surface area contributed by atoms with E-state index in [2.05, 4.69) is 24.4 Å². The van der Waals surface area contributed by atoms with Crippen LogP contribution in [-0.2, 0) is 9.53 Å². The van der Waals surface area contributed by atoms with Crippen LogP contribution in [0.4, 0.5) is 5.69 Å². The Morgan fingerprint density at radius 3 is 2.29 bits per heavy atom. The van der Waals surface area contributed by atoms with E-state index in [1.165, 1.54) is 63.4 Å². The van der Waals surface area contributed by atoms with Crippen LogP contribution in [0.1, 0.15) is 102 Å². The molecule has 0 aliphatic carbocycles. The van der Waals surface area contributed by atoms with E-state index in [9.17, 15) is 4.79 Å². The molecule has 0 saturated carbocycles. The molecule has 1 N–H and O–H groups in total. The van der Waals surface area contributed by atoms with Gasteiger partial charge >= 0.3 is 0 Å². The number of aryl methyl sites for hydroxylation is 2. The molecule has 1 aromatic rings. The fraction of sp³-hybridized carbons (Fsp3) is 0.720. The number of ether oxygens (including phenoxy) is 1. The van der Waals surface area contributed by atoms with E-state index in [0.717, 1.165) is 30.7 Å². The molecule has 1 fully saturated rings. The largest absolute Gasteiger partial charge is 0.378 e.